The zero-order chi connectivity index (χ0) is 89.8. The highest BCUT2D eigenvalue weighted by Crippen LogP contribution is 2.57. The van der Waals surface area contributed by atoms with Crippen molar-refractivity contribution in [1.29, 1.82) is 5.26 Å². The number of nitrogens with zero attached hydrogens (tertiary/aromatic N) is 9. The van der Waals surface area contributed by atoms with Crippen molar-refractivity contribution in [3.8, 4) is 90.7 Å². The van der Waals surface area contributed by atoms with Crippen molar-refractivity contribution in [1.82, 2.24) is 38.6 Å². The van der Waals surface area contributed by atoms with Gasteiger partial charge in [0, 0.05) is 99.5 Å². The fraction of sp³-hybridized carbons (Fsp3) is 0. The van der Waals surface area contributed by atoms with Crippen LogP contribution in [0.15, 0.2) is 449 Å². The fourth-order valence-corrected chi connectivity index (χ4v) is 30.8. The van der Waals surface area contributed by atoms with Gasteiger partial charge < -0.3 is 13.7 Å². The molecule has 3 unspecified atom stereocenters. The predicted molar refractivity (Wildman–Crippen MR) is 558 cm³/mol. The van der Waals surface area contributed by atoms with Gasteiger partial charge in [-0.2, -0.15) is 5.26 Å². The number of fused-ring (bicyclic) bond motifs is 13. The largest absolute Gasteiger partial charge is 0.308 e. The molecule has 0 saturated heterocycles. The zero-order valence-corrected chi connectivity index (χ0v) is 75.0. The second-order valence-electron chi connectivity index (χ2n) is 34.4. The number of pyridine rings is 2. The third kappa shape index (κ3) is 11.8. The Hall–Kier alpha value is -16.9. The van der Waals surface area contributed by atoms with E-state index in [-0.39, 0.29) is 0 Å². The molecule has 20 aromatic carbocycles. The van der Waals surface area contributed by atoms with Crippen LogP contribution >= 0.6 is 21.4 Å². The van der Waals surface area contributed by atoms with Gasteiger partial charge in [0.05, 0.1) is 67.3 Å². The maximum absolute atomic E-state index is 15.5. The van der Waals surface area contributed by atoms with E-state index in [1.807, 2.05) is 255 Å². The Balaban J connectivity index is 0.000000105. The Morgan fingerprint density at radius 2 is 0.541 bits per heavy atom. The van der Waals surface area contributed by atoms with Crippen LogP contribution < -0.4 is 47.7 Å². The summed E-state index contributed by atoms with van der Waals surface area (Å²) in [6.07, 6.45) is 5.62. The molecule has 0 radical (unpaired) electrons. The van der Waals surface area contributed by atoms with Gasteiger partial charge in [0.25, 0.3) is 0 Å². The number of imidazole rings is 3. The minimum absolute atomic E-state index is 0.634. The summed E-state index contributed by atoms with van der Waals surface area (Å²) >= 11 is 0. The smallest absolute Gasteiger partial charge is 0.175 e. The number of nitriles is 1. The molecule has 0 bridgehead atoms. The summed E-state index contributed by atoms with van der Waals surface area (Å²) in [5, 5.41) is 31.3. The first-order valence-corrected chi connectivity index (χ1v) is 50.2. The van der Waals surface area contributed by atoms with Crippen LogP contribution in [0.4, 0.5) is 0 Å². The van der Waals surface area contributed by atoms with Crippen molar-refractivity contribution in [2.45, 2.75) is 0 Å². The molecule has 25 aromatic rings. The van der Waals surface area contributed by atoms with Gasteiger partial charge >= 0.3 is 0 Å². The summed E-state index contributed by atoms with van der Waals surface area (Å²) < 4.78 is 53.0. The molecule has 0 saturated carbocycles. The first-order chi connectivity index (χ1) is 66.7. The molecule has 8 heterocycles. The van der Waals surface area contributed by atoms with Crippen LogP contribution in [-0.4, -0.2) is 38.6 Å². The number of hydrogen-bond donors (Lipinski definition) is 0. The Morgan fingerprint density at radius 3 is 0.889 bits per heavy atom. The average molecular weight is 1780 g/mol. The number of para-hydroxylation sites is 7. The summed E-state index contributed by atoms with van der Waals surface area (Å²) in [7, 11) is -9.51. The molecule has 135 heavy (non-hydrogen) atoms. The molecule has 28 rings (SSSR count). The van der Waals surface area contributed by atoms with E-state index in [2.05, 4.69) is 219 Å². The van der Waals surface area contributed by atoms with Crippen LogP contribution in [0, 0.1) is 11.3 Å². The highest BCUT2D eigenvalue weighted by molar-refractivity contribution is 7.87. The first-order valence-electron chi connectivity index (χ1n) is 45.1. The van der Waals surface area contributed by atoms with Gasteiger partial charge in [-0.25, -0.2) is 15.0 Å². The molecular weight excluding hydrogens is 1710 g/mol. The standard InChI is InChI=1S/C42H26N3OP.C40H24N3OP.C38H24N3OP/c46-47(28-15-2-1-3-16-28)36-24-9-8-23-35(36)45-41-34(22-11-25-37(41)47)44-42(45)39-31-19-6-4-17-29(31)38(30-18-5-7-20-32(30)39)33-21-10-13-27-14-12-26-43-40(27)33;41-25-26-21-23-27(24-22-26)37-29-13-4-6-15-31(29)38(32-16-7-5-14-30(32)37)40-42-33-17-10-20-36-39(33)43(40)34-18-8-9-19-35(34)45(36,44)28-11-2-1-3-12-28;42-43(26-13-2-1-3-14-26)33-21-9-8-20-32(33)41-37-31(19-10-22-34(37)43)40-38(41)36-29-17-6-4-15-27(29)35(25-12-11-23-39-24-25)28-16-5-7-18-30(28)36/h1-26H;1-24H;1-24H. The number of benzene rings is 20. The maximum atomic E-state index is 15.5. The predicted octanol–water partition coefficient (Wildman–Crippen LogP) is 25.7. The Morgan fingerprint density at radius 1 is 0.244 bits per heavy atom. The molecule has 0 aliphatic carbocycles. The van der Waals surface area contributed by atoms with Crippen LogP contribution in [0.25, 0.3) is 193 Å². The summed E-state index contributed by atoms with van der Waals surface area (Å²) in [6, 6.07) is 148. The minimum Gasteiger partial charge on any atom is -0.308 e. The highest BCUT2D eigenvalue weighted by atomic mass is 31.2. The minimum atomic E-state index is -3.18. The second-order valence-corrected chi connectivity index (χ2v) is 42.5. The van der Waals surface area contributed by atoms with E-state index < -0.39 is 21.4 Å². The molecule has 3 aliphatic heterocycles. The van der Waals surface area contributed by atoms with Crippen molar-refractivity contribution in [3.05, 3.63) is 455 Å². The fourth-order valence-electron chi connectivity index (χ4n) is 21.7. The lowest BCUT2D eigenvalue weighted by Gasteiger charge is -2.29. The molecule has 3 atom stereocenters. The van der Waals surface area contributed by atoms with E-state index in [1.165, 1.54) is 0 Å². The van der Waals surface area contributed by atoms with E-state index in [0.717, 1.165) is 241 Å². The lowest BCUT2D eigenvalue weighted by atomic mass is 9.87. The average Bonchev–Trinajstić information content (AvgIpc) is 1.56. The van der Waals surface area contributed by atoms with Gasteiger partial charge in [0.2, 0.25) is 0 Å². The zero-order valence-electron chi connectivity index (χ0n) is 72.3. The van der Waals surface area contributed by atoms with E-state index in [9.17, 15) is 5.26 Å². The van der Waals surface area contributed by atoms with E-state index >= 15 is 13.7 Å². The highest BCUT2D eigenvalue weighted by Gasteiger charge is 2.45. The summed E-state index contributed by atoms with van der Waals surface area (Å²) in [4.78, 5) is 25.4. The SMILES string of the molecule is N#Cc1ccc(-c2c3ccccc3c(-c3nc4cccc5c4n3-c3ccccc3P5(=O)c3ccccc3)c3ccccc23)cc1.O=P1(c2ccccc2)c2ccccc2-n2c(-c3c4ccccc4c(-c4cccc5cccnc45)c4ccccc34)nc3cccc1c32.O=P1(c2ccccc2)c2ccccc2-n2c(-c3c4ccccc4c(-c4cccnc4)c4ccccc34)nc3cccc1c32. The maximum Gasteiger partial charge on any atom is 0.175 e. The van der Waals surface area contributed by atoms with Crippen LogP contribution in [0.2, 0.25) is 0 Å². The van der Waals surface area contributed by atoms with Gasteiger partial charge in [-0.05, 0) is 184 Å². The molecule has 15 heteroatoms. The van der Waals surface area contributed by atoms with E-state index in [1.54, 1.807) is 0 Å². The summed E-state index contributed by atoms with van der Waals surface area (Å²) in [5.74, 6) is 2.51. The molecule has 5 aromatic heterocycles. The van der Waals surface area contributed by atoms with E-state index in [0.29, 0.717) is 5.56 Å². The second kappa shape index (κ2) is 31.2. The van der Waals surface area contributed by atoms with E-state index in [4.69, 9.17) is 19.9 Å². The third-order valence-corrected chi connectivity index (χ3v) is 36.7. The summed E-state index contributed by atoms with van der Waals surface area (Å²) in [5.41, 5.74) is 19.4. The Kier molecular flexibility index (Phi) is 18.3. The van der Waals surface area contributed by atoms with Crippen LogP contribution in [-0.2, 0) is 13.7 Å². The molecule has 3 aliphatic rings. The van der Waals surface area contributed by atoms with Gasteiger partial charge in [-0.15, -0.1) is 0 Å². The van der Waals surface area contributed by atoms with Crippen LogP contribution in [0.1, 0.15) is 5.56 Å². The number of rotatable bonds is 9. The third-order valence-electron chi connectivity index (χ3n) is 27.3. The molecule has 0 spiro atoms. The van der Waals surface area contributed by atoms with Gasteiger partial charge in [-0.3, -0.25) is 23.7 Å². The Labute approximate surface area is 775 Å². The van der Waals surface area contributed by atoms with Crippen molar-refractivity contribution in [2.75, 3.05) is 0 Å². The van der Waals surface area contributed by atoms with Gasteiger partial charge in [0.1, 0.15) is 17.5 Å². The monoisotopic (exact) mass is 1780 g/mol. The molecule has 0 amide bonds. The van der Waals surface area contributed by atoms with Gasteiger partial charge in [-0.1, -0.05) is 334 Å². The molecule has 0 N–H and O–H groups in total. The molecular formula is C120H74N9O3P3. The van der Waals surface area contributed by atoms with Crippen molar-refractivity contribution >= 4 is 178 Å². The quantitative estimate of drug-likeness (QED) is 0.101. The van der Waals surface area contributed by atoms with Crippen molar-refractivity contribution < 1.29 is 13.7 Å². The number of hydrogen-bond acceptors (Lipinski definition) is 9. The van der Waals surface area contributed by atoms with Crippen molar-refractivity contribution in [3.63, 3.8) is 0 Å². The topological polar surface area (TPSA) is 154 Å². The molecule has 12 nitrogen and oxygen atoms in total. The molecule has 0 fully saturated rings. The lowest BCUT2D eigenvalue weighted by Crippen LogP contribution is -2.32. The summed E-state index contributed by atoms with van der Waals surface area (Å²) in [6.45, 7) is 0. The Bertz CT molecular complexity index is 9350. The normalized spacial score (nSPS) is 15.4. The lowest BCUT2D eigenvalue weighted by molar-refractivity contribution is 0.591. The van der Waals surface area contributed by atoms with Crippen LogP contribution in [0.5, 0.6) is 0 Å². The van der Waals surface area contributed by atoms with Crippen molar-refractivity contribution in [2.24, 2.45) is 0 Å². The molecule has 632 valence electrons. The number of aromatic nitrogens is 8. The van der Waals surface area contributed by atoms with Gasteiger partial charge in [0.15, 0.2) is 21.4 Å². The first kappa shape index (κ1) is 79.1. The van der Waals surface area contributed by atoms with Crippen LogP contribution in [0.3, 0.4) is 0 Å².